The van der Waals surface area contributed by atoms with Gasteiger partial charge in [0.2, 0.25) is 0 Å². The molecule has 0 aliphatic heterocycles. The van der Waals surface area contributed by atoms with E-state index >= 15 is 0 Å². The number of rotatable bonds is 4. The molecule has 0 spiro atoms. The molecule has 2 N–H and O–H groups in total. The molecular formula is C11H19N3O2. The normalized spacial score (nSPS) is 12.6. The highest BCUT2D eigenvalue weighted by Crippen LogP contribution is 2.11. The number of aliphatic hydroxyl groups is 1. The molecule has 1 heterocycles. The highest BCUT2D eigenvalue weighted by atomic mass is 16.3. The van der Waals surface area contributed by atoms with Gasteiger partial charge in [0.15, 0.2) is 0 Å². The Morgan fingerprint density at radius 2 is 2.19 bits per heavy atom. The zero-order chi connectivity index (χ0) is 12.3. The number of carbonyl (C=O) groups excluding carboxylic acids is 1. The summed E-state index contributed by atoms with van der Waals surface area (Å²) in [6.07, 6.45) is 0.560. The lowest BCUT2D eigenvalue weighted by molar-refractivity contribution is 0.0933. The van der Waals surface area contributed by atoms with Gasteiger partial charge in [0.05, 0.1) is 11.3 Å². The van der Waals surface area contributed by atoms with Crippen molar-refractivity contribution in [2.24, 2.45) is 7.05 Å². The van der Waals surface area contributed by atoms with E-state index in [4.69, 9.17) is 5.11 Å². The lowest BCUT2D eigenvalue weighted by Crippen LogP contribution is -2.33. The number of aliphatic hydroxyl groups excluding tert-OH is 1. The third-order valence-electron chi connectivity index (χ3n) is 2.68. The van der Waals surface area contributed by atoms with E-state index in [1.54, 1.807) is 4.68 Å². The maximum absolute atomic E-state index is 11.9. The lowest BCUT2D eigenvalue weighted by Gasteiger charge is -2.12. The number of amides is 1. The fourth-order valence-corrected chi connectivity index (χ4v) is 1.66. The van der Waals surface area contributed by atoms with Crippen molar-refractivity contribution >= 4 is 5.91 Å². The summed E-state index contributed by atoms with van der Waals surface area (Å²) in [5.41, 5.74) is 2.21. The number of carbonyl (C=O) groups is 1. The highest BCUT2D eigenvalue weighted by molar-refractivity contribution is 5.96. The van der Waals surface area contributed by atoms with Gasteiger partial charge in [0.25, 0.3) is 5.91 Å². The van der Waals surface area contributed by atoms with Crippen molar-refractivity contribution in [2.45, 2.75) is 33.2 Å². The van der Waals surface area contributed by atoms with E-state index in [1.165, 1.54) is 0 Å². The second-order valence-electron chi connectivity index (χ2n) is 4.06. The van der Waals surface area contributed by atoms with Crippen LogP contribution in [0.3, 0.4) is 0 Å². The van der Waals surface area contributed by atoms with Gasteiger partial charge in [-0.1, -0.05) is 0 Å². The fraction of sp³-hybridized carbons (Fsp3) is 0.636. The molecule has 90 valence electrons. The average Bonchev–Trinajstić information content (AvgIpc) is 2.41. The van der Waals surface area contributed by atoms with Gasteiger partial charge in [-0.05, 0) is 27.2 Å². The number of hydrogen-bond donors (Lipinski definition) is 2. The molecule has 0 bridgehead atoms. The standard InChI is InChI=1S/C11H19N3O2/c1-7(5-6-15)12-11(16)10-8(2)13-14(4)9(10)3/h7,15H,5-6H2,1-4H3,(H,12,16). The van der Waals surface area contributed by atoms with E-state index in [2.05, 4.69) is 10.4 Å². The Labute approximate surface area is 95.5 Å². The summed E-state index contributed by atoms with van der Waals surface area (Å²) in [6.45, 7) is 5.63. The van der Waals surface area contributed by atoms with Gasteiger partial charge in [0, 0.05) is 25.4 Å². The summed E-state index contributed by atoms with van der Waals surface area (Å²) in [5.74, 6) is -0.121. The Kier molecular flexibility index (Phi) is 4.06. The summed E-state index contributed by atoms with van der Waals surface area (Å²) >= 11 is 0. The Hall–Kier alpha value is -1.36. The molecule has 1 amide bonds. The quantitative estimate of drug-likeness (QED) is 0.785. The Morgan fingerprint density at radius 3 is 2.62 bits per heavy atom. The molecule has 0 aromatic carbocycles. The fourth-order valence-electron chi connectivity index (χ4n) is 1.66. The molecule has 1 atom stereocenters. The first-order valence-corrected chi connectivity index (χ1v) is 5.39. The van der Waals surface area contributed by atoms with Crippen LogP contribution in [0.1, 0.15) is 35.1 Å². The number of nitrogens with zero attached hydrogens (tertiary/aromatic N) is 2. The van der Waals surface area contributed by atoms with Gasteiger partial charge < -0.3 is 10.4 Å². The molecule has 1 aromatic rings. The highest BCUT2D eigenvalue weighted by Gasteiger charge is 2.18. The predicted octanol–water partition coefficient (Wildman–Crippen LogP) is 0.538. The lowest BCUT2D eigenvalue weighted by atomic mass is 10.1. The minimum absolute atomic E-state index is 0.0310. The van der Waals surface area contributed by atoms with E-state index < -0.39 is 0 Å². The van der Waals surface area contributed by atoms with Gasteiger partial charge in [-0.3, -0.25) is 9.48 Å². The number of nitrogens with one attached hydrogen (secondary N) is 1. The number of hydrogen-bond acceptors (Lipinski definition) is 3. The average molecular weight is 225 g/mol. The van der Waals surface area contributed by atoms with Crippen LogP contribution in [0.4, 0.5) is 0 Å². The van der Waals surface area contributed by atoms with E-state index in [0.29, 0.717) is 12.0 Å². The van der Waals surface area contributed by atoms with Crippen molar-refractivity contribution in [3.8, 4) is 0 Å². The molecule has 0 aliphatic rings. The summed E-state index contributed by atoms with van der Waals surface area (Å²) < 4.78 is 1.70. The second-order valence-corrected chi connectivity index (χ2v) is 4.06. The SMILES string of the molecule is Cc1nn(C)c(C)c1C(=O)NC(C)CCO. The number of aromatic nitrogens is 2. The third kappa shape index (κ3) is 2.61. The monoisotopic (exact) mass is 225 g/mol. The van der Waals surface area contributed by atoms with Crippen LogP contribution in [-0.2, 0) is 7.05 Å². The Bertz CT molecular complexity index is 385. The molecule has 0 radical (unpaired) electrons. The van der Waals surface area contributed by atoms with E-state index in [0.717, 1.165) is 11.4 Å². The Morgan fingerprint density at radius 1 is 1.56 bits per heavy atom. The summed E-state index contributed by atoms with van der Waals surface area (Å²) in [7, 11) is 1.82. The summed E-state index contributed by atoms with van der Waals surface area (Å²) in [6, 6.07) is -0.0310. The molecule has 1 unspecified atom stereocenters. The van der Waals surface area contributed by atoms with Gasteiger partial charge in [0.1, 0.15) is 0 Å². The third-order valence-corrected chi connectivity index (χ3v) is 2.68. The van der Waals surface area contributed by atoms with Crippen LogP contribution in [0.5, 0.6) is 0 Å². The van der Waals surface area contributed by atoms with E-state index in [-0.39, 0.29) is 18.6 Å². The van der Waals surface area contributed by atoms with E-state index in [1.807, 2.05) is 27.8 Å². The minimum atomic E-state index is -0.121. The van der Waals surface area contributed by atoms with Gasteiger partial charge >= 0.3 is 0 Å². The van der Waals surface area contributed by atoms with Gasteiger partial charge in [-0.25, -0.2) is 0 Å². The minimum Gasteiger partial charge on any atom is -0.396 e. The van der Waals surface area contributed by atoms with Crippen LogP contribution >= 0.6 is 0 Å². The molecule has 0 saturated carbocycles. The van der Waals surface area contributed by atoms with Crippen molar-refractivity contribution in [2.75, 3.05) is 6.61 Å². The zero-order valence-electron chi connectivity index (χ0n) is 10.2. The van der Waals surface area contributed by atoms with Crippen LogP contribution in [0.25, 0.3) is 0 Å². The van der Waals surface area contributed by atoms with Crippen molar-refractivity contribution in [1.29, 1.82) is 0 Å². The Balaban J connectivity index is 2.80. The maximum Gasteiger partial charge on any atom is 0.255 e. The summed E-state index contributed by atoms with van der Waals surface area (Å²) in [4.78, 5) is 11.9. The van der Waals surface area contributed by atoms with Crippen molar-refractivity contribution in [3.05, 3.63) is 17.0 Å². The molecule has 5 nitrogen and oxygen atoms in total. The molecule has 16 heavy (non-hydrogen) atoms. The molecule has 0 saturated heterocycles. The first kappa shape index (κ1) is 12.7. The maximum atomic E-state index is 11.9. The molecule has 1 rings (SSSR count). The van der Waals surface area contributed by atoms with Crippen LogP contribution in [0.15, 0.2) is 0 Å². The molecular weight excluding hydrogens is 206 g/mol. The second kappa shape index (κ2) is 5.12. The van der Waals surface area contributed by atoms with Crippen LogP contribution in [-0.4, -0.2) is 33.4 Å². The predicted molar refractivity (Wildman–Crippen MR) is 61.3 cm³/mol. The van der Waals surface area contributed by atoms with Crippen molar-refractivity contribution in [3.63, 3.8) is 0 Å². The zero-order valence-corrected chi connectivity index (χ0v) is 10.2. The van der Waals surface area contributed by atoms with Crippen LogP contribution < -0.4 is 5.32 Å². The van der Waals surface area contributed by atoms with Crippen LogP contribution in [0.2, 0.25) is 0 Å². The molecule has 5 heteroatoms. The smallest absolute Gasteiger partial charge is 0.255 e. The first-order chi connectivity index (χ1) is 7.47. The van der Waals surface area contributed by atoms with Crippen molar-refractivity contribution < 1.29 is 9.90 Å². The number of aryl methyl sites for hydroxylation is 2. The van der Waals surface area contributed by atoms with Gasteiger partial charge in [-0.2, -0.15) is 5.10 Å². The van der Waals surface area contributed by atoms with Crippen molar-refractivity contribution in [1.82, 2.24) is 15.1 Å². The topological polar surface area (TPSA) is 67.2 Å². The molecule has 0 aliphatic carbocycles. The van der Waals surface area contributed by atoms with Crippen LogP contribution in [0, 0.1) is 13.8 Å². The molecule has 0 fully saturated rings. The summed E-state index contributed by atoms with van der Waals surface area (Å²) in [5, 5.41) is 15.8. The first-order valence-electron chi connectivity index (χ1n) is 5.39. The van der Waals surface area contributed by atoms with E-state index in [9.17, 15) is 4.79 Å². The molecule has 1 aromatic heterocycles. The largest absolute Gasteiger partial charge is 0.396 e. The van der Waals surface area contributed by atoms with Gasteiger partial charge in [-0.15, -0.1) is 0 Å².